The van der Waals surface area contributed by atoms with Gasteiger partial charge in [0.15, 0.2) is 0 Å². The van der Waals surface area contributed by atoms with Crippen molar-refractivity contribution in [2.24, 2.45) is 7.05 Å². The van der Waals surface area contributed by atoms with E-state index in [4.69, 9.17) is 5.73 Å². The summed E-state index contributed by atoms with van der Waals surface area (Å²) in [4.78, 5) is 15.9. The summed E-state index contributed by atoms with van der Waals surface area (Å²) in [6, 6.07) is 3.48. The molecule has 6 nitrogen and oxygen atoms in total. The van der Waals surface area contributed by atoms with Crippen LogP contribution < -0.4 is 11.1 Å². The van der Waals surface area contributed by atoms with Crippen LogP contribution in [0.3, 0.4) is 0 Å². The summed E-state index contributed by atoms with van der Waals surface area (Å²) in [6.45, 7) is 0. The number of carbonyl (C=O) groups excluding carboxylic acids is 1. The molecular weight excluding hydrogens is 286 g/mol. The van der Waals surface area contributed by atoms with Crippen LogP contribution in [0.2, 0.25) is 0 Å². The molecule has 0 spiro atoms. The molecule has 3 N–H and O–H groups in total. The van der Waals surface area contributed by atoms with Crippen LogP contribution in [0, 0.1) is 0 Å². The normalized spacial score (nSPS) is 10.2. The van der Waals surface area contributed by atoms with Gasteiger partial charge in [-0.3, -0.25) is 9.48 Å². The first kappa shape index (κ1) is 11.6. The van der Waals surface area contributed by atoms with E-state index in [2.05, 4.69) is 31.3 Å². The summed E-state index contributed by atoms with van der Waals surface area (Å²) in [5.41, 5.74) is 6.30. The van der Waals surface area contributed by atoms with E-state index in [0.717, 1.165) is 4.47 Å². The summed E-state index contributed by atoms with van der Waals surface area (Å²) >= 11 is 3.26. The van der Waals surface area contributed by atoms with Crippen LogP contribution in [0.5, 0.6) is 0 Å². The maximum Gasteiger partial charge on any atom is 0.277 e. The van der Waals surface area contributed by atoms with Crippen molar-refractivity contribution in [1.29, 1.82) is 0 Å². The number of pyridine rings is 1. The number of carbonyl (C=O) groups is 1. The summed E-state index contributed by atoms with van der Waals surface area (Å²) in [7, 11) is 1.65. The molecule has 0 radical (unpaired) electrons. The first-order valence-corrected chi connectivity index (χ1v) is 5.57. The minimum absolute atomic E-state index is 0.315. The topological polar surface area (TPSA) is 85.8 Å². The standard InChI is InChI=1S/C10H10BrN5O/c1-16-9(7(12)5-14-16)10(17)15-8-3-2-6(11)4-13-8/h2-5H,12H2,1H3,(H,13,15,17). The SMILES string of the molecule is Cn1ncc(N)c1C(=O)Nc1ccc(Br)cn1. The van der Waals surface area contributed by atoms with Gasteiger partial charge in [-0.1, -0.05) is 0 Å². The smallest absolute Gasteiger partial charge is 0.277 e. The number of rotatable bonds is 2. The Labute approximate surface area is 106 Å². The van der Waals surface area contributed by atoms with Gasteiger partial charge in [0.1, 0.15) is 11.5 Å². The molecule has 2 rings (SSSR count). The summed E-state index contributed by atoms with van der Waals surface area (Å²) in [5, 5.41) is 6.54. The molecule has 0 saturated carbocycles. The number of nitrogens with two attached hydrogens (primary N) is 1. The number of nitrogens with one attached hydrogen (secondary N) is 1. The number of aromatic nitrogens is 3. The van der Waals surface area contributed by atoms with Gasteiger partial charge in [-0.25, -0.2) is 4.98 Å². The van der Waals surface area contributed by atoms with Gasteiger partial charge in [0, 0.05) is 17.7 Å². The second-order valence-electron chi connectivity index (χ2n) is 3.39. The van der Waals surface area contributed by atoms with Crippen molar-refractivity contribution in [2.75, 3.05) is 11.1 Å². The van der Waals surface area contributed by atoms with Crippen LogP contribution in [0.4, 0.5) is 11.5 Å². The molecule has 2 aromatic heterocycles. The van der Waals surface area contributed by atoms with Gasteiger partial charge in [-0.2, -0.15) is 5.10 Å². The molecule has 7 heteroatoms. The summed E-state index contributed by atoms with van der Waals surface area (Å²) < 4.78 is 2.26. The molecular formula is C10H10BrN5O. The van der Waals surface area contributed by atoms with Gasteiger partial charge >= 0.3 is 0 Å². The fourth-order valence-electron chi connectivity index (χ4n) is 1.36. The summed E-state index contributed by atoms with van der Waals surface area (Å²) in [5.74, 6) is 0.121. The Morgan fingerprint density at radius 3 is 2.76 bits per heavy atom. The monoisotopic (exact) mass is 295 g/mol. The van der Waals surface area contributed by atoms with E-state index in [-0.39, 0.29) is 5.91 Å². The maximum absolute atomic E-state index is 11.9. The van der Waals surface area contributed by atoms with Crippen molar-refractivity contribution in [3.63, 3.8) is 0 Å². The van der Waals surface area contributed by atoms with E-state index in [9.17, 15) is 4.79 Å². The lowest BCUT2D eigenvalue weighted by Gasteiger charge is -2.05. The summed E-state index contributed by atoms with van der Waals surface area (Å²) in [6.07, 6.45) is 3.03. The molecule has 88 valence electrons. The highest BCUT2D eigenvalue weighted by Crippen LogP contribution is 2.14. The van der Waals surface area contributed by atoms with E-state index in [1.807, 2.05) is 0 Å². The molecule has 1 amide bonds. The maximum atomic E-state index is 11.9. The third kappa shape index (κ3) is 2.44. The van der Waals surface area contributed by atoms with Crippen molar-refractivity contribution < 1.29 is 4.79 Å². The molecule has 0 fully saturated rings. The van der Waals surface area contributed by atoms with Gasteiger partial charge in [-0.05, 0) is 28.1 Å². The Morgan fingerprint density at radius 2 is 2.24 bits per heavy atom. The van der Waals surface area contributed by atoms with Crippen molar-refractivity contribution in [2.45, 2.75) is 0 Å². The molecule has 0 aliphatic carbocycles. The fraction of sp³-hybridized carbons (Fsp3) is 0.100. The lowest BCUT2D eigenvalue weighted by atomic mass is 10.3. The zero-order chi connectivity index (χ0) is 12.4. The highest BCUT2D eigenvalue weighted by molar-refractivity contribution is 9.10. The van der Waals surface area contributed by atoms with Crippen LogP contribution in [0.25, 0.3) is 0 Å². The van der Waals surface area contributed by atoms with Gasteiger partial charge in [0.25, 0.3) is 5.91 Å². The van der Waals surface area contributed by atoms with Crippen molar-refractivity contribution in [3.05, 3.63) is 34.7 Å². The molecule has 0 atom stereocenters. The van der Waals surface area contributed by atoms with E-state index < -0.39 is 0 Å². The van der Waals surface area contributed by atoms with Crippen molar-refractivity contribution in [3.8, 4) is 0 Å². The highest BCUT2D eigenvalue weighted by atomic mass is 79.9. The number of anilines is 2. The highest BCUT2D eigenvalue weighted by Gasteiger charge is 2.15. The Kier molecular flexibility index (Phi) is 3.10. The Bertz CT molecular complexity index is 529. The van der Waals surface area contributed by atoms with Crippen LogP contribution >= 0.6 is 15.9 Å². The van der Waals surface area contributed by atoms with Gasteiger partial charge in [-0.15, -0.1) is 0 Å². The molecule has 0 aromatic carbocycles. The van der Waals surface area contributed by atoms with E-state index in [1.165, 1.54) is 10.9 Å². The predicted octanol–water partition coefficient (Wildman–Crippen LogP) is 1.41. The van der Waals surface area contributed by atoms with Crippen LogP contribution in [-0.4, -0.2) is 20.7 Å². The predicted molar refractivity (Wildman–Crippen MR) is 67.5 cm³/mol. The zero-order valence-corrected chi connectivity index (χ0v) is 10.6. The molecule has 0 aliphatic rings. The minimum Gasteiger partial charge on any atom is -0.396 e. The molecule has 2 heterocycles. The Hall–Kier alpha value is -1.89. The van der Waals surface area contributed by atoms with Gasteiger partial charge in [0.05, 0.1) is 11.9 Å². The van der Waals surface area contributed by atoms with Gasteiger partial charge < -0.3 is 11.1 Å². The van der Waals surface area contributed by atoms with Crippen LogP contribution in [0.1, 0.15) is 10.5 Å². The number of amides is 1. The average molecular weight is 296 g/mol. The Balaban J connectivity index is 2.20. The van der Waals surface area contributed by atoms with E-state index in [0.29, 0.717) is 17.2 Å². The van der Waals surface area contributed by atoms with E-state index in [1.54, 1.807) is 25.4 Å². The molecule has 17 heavy (non-hydrogen) atoms. The molecule has 0 unspecified atom stereocenters. The quantitative estimate of drug-likeness (QED) is 0.877. The molecule has 0 saturated heterocycles. The molecule has 0 aliphatic heterocycles. The number of nitrogens with zero attached hydrogens (tertiary/aromatic N) is 3. The third-order valence-electron chi connectivity index (χ3n) is 2.15. The first-order chi connectivity index (χ1) is 8.08. The second kappa shape index (κ2) is 4.54. The number of aryl methyl sites for hydroxylation is 1. The average Bonchev–Trinajstić information content (AvgIpc) is 2.62. The number of nitrogen functional groups attached to an aromatic ring is 1. The number of hydrogen-bond donors (Lipinski definition) is 2. The molecule has 2 aromatic rings. The largest absolute Gasteiger partial charge is 0.396 e. The first-order valence-electron chi connectivity index (χ1n) is 4.78. The number of hydrogen-bond acceptors (Lipinski definition) is 4. The Morgan fingerprint density at radius 1 is 1.47 bits per heavy atom. The number of halogens is 1. The van der Waals surface area contributed by atoms with Crippen molar-refractivity contribution in [1.82, 2.24) is 14.8 Å². The van der Waals surface area contributed by atoms with E-state index >= 15 is 0 Å². The lowest BCUT2D eigenvalue weighted by molar-refractivity contribution is 0.101. The lowest BCUT2D eigenvalue weighted by Crippen LogP contribution is -2.18. The van der Waals surface area contributed by atoms with Crippen molar-refractivity contribution >= 4 is 33.3 Å². The third-order valence-corrected chi connectivity index (χ3v) is 2.62. The minimum atomic E-state index is -0.336. The zero-order valence-electron chi connectivity index (χ0n) is 9.01. The molecule has 0 bridgehead atoms. The van der Waals surface area contributed by atoms with Crippen LogP contribution in [-0.2, 0) is 7.05 Å². The second-order valence-corrected chi connectivity index (χ2v) is 4.30. The van der Waals surface area contributed by atoms with Crippen LogP contribution in [0.15, 0.2) is 29.0 Å². The van der Waals surface area contributed by atoms with Gasteiger partial charge in [0.2, 0.25) is 0 Å². The fourth-order valence-corrected chi connectivity index (χ4v) is 1.59.